The van der Waals surface area contributed by atoms with Crippen molar-refractivity contribution in [1.82, 2.24) is 30.0 Å². The lowest BCUT2D eigenvalue weighted by molar-refractivity contribution is -0.147. The van der Waals surface area contributed by atoms with E-state index < -0.39 is 12.0 Å². The molecule has 5 rings (SSSR count). The number of halogens is 3. The van der Waals surface area contributed by atoms with Gasteiger partial charge in [-0.25, -0.2) is 0 Å². The number of anilines is 1. The fraction of sp³-hybridized carbons (Fsp3) is 0.609. The molecule has 0 atom stereocenters. The van der Waals surface area contributed by atoms with E-state index in [1.54, 1.807) is 11.3 Å². The van der Waals surface area contributed by atoms with Crippen LogP contribution in [-0.2, 0) is 30.5 Å². The average Bonchev–Trinajstić information content (AvgIpc) is 3.60. The van der Waals surface area contributed by atoms with Crippen LogP contribution in [0.15, 0.2) is 6.07 Å². The van der Waals surface area contributed by atoms with E-state index in [0.29, 0.717) is 18.9 Å². The fourth-order valence-corrected chi connectivity index (χ4v) is 5.92. The Morgan fingerprint density at radius 1 is 1.22 bits per heavy atom. The molecule has 1 saturated carbocycles. The van der Waals surface area contributed by atoms with Gasteiger partial charge in [0.05, 0.1) is 18.5 Å². The zero-order valence-corrected chi connectivity index (χ0v) is 20.8. The normalized spacial score (nSPS) is 16.5. The Balaban J connectivity index is 1.34. The second-order valence-electron chi connectivity index (χ2n) is 9.14. The number of hydrogen-bond donors (Lipinski definition) is 1. The predicted octanol–water partition coefficient (Wildman–Crippen LogP) is 3.96. The topological polar surface area (TPSA) is 98.1 Å². The molecule has 194 valence electrons. The van der Waals surface area contributed by atoms with E-state index in [4.69, 9.17) is 4.74 Å². The molecule has 0 aromatic carbocycles. The van der Waals surface area contributed by atoms with Gasteiger partial charge in [-0.1, -0.05) is 26.2 Å². The van der Waals surface area contributed by atoms with Crippen molar-refractivity contribution in [2.75, 3.05) is 24.6 Å². The fourth-order valence-electron chi connectivity index (χ4n) is 4.81. The Morgan fingerprint density at radius 3 is 2.78 bits per heavy atom. The number of aromatic nitrogens is 5. The van der Waals surface area contributed by atoms with Crippen LogP contribution in [0, 0.1) is 5.92 Å². The number of carbonyl (C=O) groups excluding carboxylic acids is 1. The smallest absolute Gasteiger partial charge is 0.451 e. The highest BCUT2D eigenvalue weighted by atomic mass is 32.1. The summed E-state index contributed by atoms with van der Waals surface area (Å²) < 4.78 is 46.7. The van der Waals surface area contributed by atoms with Crippen molar-refractivity contribution in [3.05, 3.63) is 22.6 Å². The molecule has 0 spiro atoms. The van der Waals surface area contributed by atoms with Gasteiger partial charge in [0, 0.05) is 23.9 Å². The van der Waals surface area contributed by atoms with E-state index >= 15 is 0 Å². The number of amides is 1. The van der Waals surface area contributed by atoms with E-state index in [9.17, 15) is 18.0 Å². The summed E-state index contributed by atoms with van der Waals surface area (Å²) in [6, 6.07) is 2.23. The summed E-state index contributed by atoms with van der Waals surface area (Å²) in [7, 11) is 0. The number of rotatable bonds is 8. The lowest BCUT2D eigenvalue weighted by atomic mass is 10.1. The highest BCUT2D eigenvalue weighted by Gasteiger charge is 2.39. The Morgan fingerprint density at radius 2 is 2.03 bits per heavy atom. The largest absolute Gasteiger partial charge is 0.462 e. The molecule has 0 bridgehead atoms. The van der Waals surface area contributed by atoms with Crippen molar-refractivity contribution in [1.29, 1.82) is 0 Å². The van der Waals surface area contributed by atoms with Crippen molar-refractivity contribution >= 4 is 33.3 Å². The minimum atomic E-state index is -4.55. The van der Waals surface area contributed by atoms with Crippen molar-refractivity contribution < 1.29 is 22.7 Å². The number of hydrogen-bond acceptors (Lipinski definition) is 8. The van der Waals surface area contributed by atoms with Crippen LogP contribution in [0.3, 0.4) is 0 Å². The van der Waals surface area contributed by atoms with Gasteiger partial charge in [0.25, 0.3) is 0 Å². The highest BCUT2D eigenvalue weighted by molar-refractivity contribution is 7.18. The highest BCUT2D eigenvalue weighted by Crippen LogP contribution is 2.36. The summed E-state index contributed by atoms with van der Waals surface area (Å²) in [5, 5.41) is 10.9. The second-order valence-corrected chi connectivity index (χ2v) is 10.3. The lowest BCUT2D eigenvalue weighted by Gasteiger charge is -2.29. The van der Waals surface area contributed by atoms with Gasteiger partial charge in [0.15, 0.2) is 5.82 Å². The maximum Gasteiger partial charge on any atom is 0.451 e. The number of fused-ring (bicyclic) bond motifs is 2. The van der Waals surface area contributed by atoms with Crippen LogP contribution in [0.2, 0.25) is 0 Å². The number of ether oxygens (including phenoxy) is 1. The minimum Gasteiger partial charge on any atom is -0.462 e. The third-order valence-electron chi connectivity index (χ3n) is 6.56. The molecule has 0 radical (unpaired) electrons. The Bertz CT molecular complexity index is 1240. The third kappa shape index (κ3) is 5.11. The maximum absolute atomic E-state index is 13.3. The summed E-state index contributed by atoms with van der Waals surface area (Å²) in [5.74, 6) is 0.0138. The first kappa shape index (κ1) is 24.7. The summed E-state index contributed by atoms with van der Waals surface area (Å²) in [4.78, 5) is 25.2. The molecule has 0 unspecified atom stereocenters. The zero-order valence-electron chi connectivity index (χ0n) is 20.0. The van der Waals surface area contributed by atoms with Gasteiger partial charge in [0.1, 0.15) is 17.3 Å². The quantitative estimate of drug-likeness (QED) is 0.447. The molecule has 13 heteroatoms. The summed E-state index contributed by atoms with van der Waals surface area (Å²) in [6.07, 6.45) is 1.38. The standard InChI is InChI=1S/C23H28F3N7O2S/c1-2-5-15-12-16-18(32-9-10-33-17(13-32)30-31-21(33)23(24,25)26)28-22(29-20(16)36-15)35-11-8-27-19(34)14-6-3-4-7-14/h12,14H,2-11,13H2,1H3,(H,27,34). The molecule has 9 nitrogen and oxygen atoms in total. The average molecular weight is 524 g/mol. The Labute approximate surface area is 210 Å². The number of thiophene rings is 1. The molecule has 3 aromatic rings. The molecule has 36 heavy (non-hydrogen) atoms. The lowest BCUT2D eigenvalue weighted by Crippen LogP contribution is -2.36. The molecule has 1 aliphatic heterocycles. The second kappa shape index (κ2) is 10.2. The first-order valence-corrected chi connectivity index (χ1v) is 13.1. The van der Waals surface area contributed by atoms with E-state index in [-0.39, 0.29) is 43.4 Å². The Kier molecular flexibility index (Phi) is 7.00. The monoisotopic (exact) mass is 523 g/mol. The molecule has 1 aliphatic carbocycles. The number of alkyl halides is 3. The molecule has 2 aliphatic rings. The predicted molar refractivity (Wildman–Crippen MR) is 128 cm³/mol. The van der Waals surface area contributed by atoms with E-state index in [1.165, 1.54) is 0 Å². The van der Waals surface area contributed by atoms with Crippen LogP contribution in [0.25, 0.3) is 10.2 Å². The van der Waals surface area contributed by atoms with Gasteiger partial charge in [-0.3, -0.25) is 4.79 Å². The van der Waals surface area contributed by atoms with Crippen LogP contribution >= 0.6 is 11.3 Å². The molecule has 1 fully saturated rings. The van der Waals surface area contributed by atoms with Gasteiger partial charge >= 0.3 is 12.2 Å². The molecular weight excluding hydrogens is 495 g/mol. The van der Waals surface area contributed by atoms with Gasteiger partial charge in [0.2, 0.25) is 11.7 Å². The van der Waals surface area contributed by atoms with Crippen molar-refractivity contribution in [2.45, 2.75) is 64.7 Å². The molecule has 1 N–H and O–H groups in total. The van der Waals surface area contributed by atoms with Crippen molar-refractivity contribution in [3.63, 3.8) is 0 Å². The first-order chi connectivity index (χ1) is 17.3. The van der Waals surface area contributed by atoms with Crippen LogP contribution in [0.1, 0.15) is 55.6 Å². The first-order valence-electron chi connectivity index (χ1n) is 12.3. The SMILES string of the molecule is CCCc1cc2c(N3CCn4c(nnc4C(F)(F)F)C3)nc(OCCNC(=O)C3CCCC3)nc2s1. The van der Waals surface area contributed by atoms with E-state index in [0.717, 1.165) is 58.2 Å². The Hall–Kier alpha value is -2.96. The van der Waals surface area contributed by atoms with Gasteiger partial charge in [-0.2, -0.15) is 23.1 Å². The molecule has 1 amide bonds. The van der Waals surface area contributed by atoms with Crippen LogP contribution in [0.4, 0.5) is 19.0 Å². The van der Waals surface area contributed by atoms with Gasteiger partial charge in [-0.05, 0) is 25.3 Å². The van der Waals surface area contributed by atoms with E-state index in [1.807, 2.05) is 11.0 Å². The summed E-state index contributed by atoms with van der Waals surface area (Å²) in [6.45, 7) is 3.23. The minimum absolute atomic E-state index is 0.0614. The maximum atomic E-state index is 13.3. The number of carbonyl (C=O) groups is 1. The number of aryl methyl sites for hydroxylation is 1. The molecule has 0 saturated heterocycles. The van der Waals surface area contributed by atoms with Crippen molar-refractivity contribution in [3.8, 4) is 6.01 Å². The van der Waals surface area contributed by atoms with Gasteiger partial charge in [-0.15, -0.1) is 21.5 Å². The van der Waals surface area contributed by atoms with Crippen LogP contribution in [-0.4, -0.2) is 50.3 Å². The summed E-state index contributed by atoms with van der Waals surface area (Å²) in [5.41, 5.74) is 0. The molecular formula is C23H28F3N7O2S. The number of nitrogens with zero attached hydrogens (tertiary/aromatic N) is 6. The van der Waals surface area contributed by atoms with Crippen LogP contribution < -0.4 is 15.0 Å². The zero-order chi connectivity index (χ0) is 25.3. The summed E-state index contributed by atoms with van der Waals surface area (Å²) >= 11 is 1.56. The number of nitrogens with one attached hydrogen (secondary N) is 1. The van der Waals surface area contributed by atoms with Crippen LogP contribution in [0.5, 0.6) is 6.01 Å². The molecule has 3 aromatic heterocycles. The van der Waals surface area contributed by atoms with Gasteiger partial charge < -0.3 is 19.5 Å². The molecule has 4 heterocycles. The van der Waals surface area contributed by atoms with Crippen molar-refractivity contribution in [2.24, 2.45) is 5.92 Å². The van der Waals surface area contributed by atoms with E-state index in [2.05, 4.69) is 32.4 Å². The third-order valence-corrected chi connectivity index (χ3v) is 7.65.